The first-order valence-corrected chi connectivity index (χ1v) is 7.12. The molecule has 3 nitrogen and oxygen atoms in total. The highest BCUT2D eigenvalue weighted by Gasteiger charge is 2.49. The van der Waals surface area contributed by atoms with Gasteiger partial charge in [-0.25, -0.2) is 0 Å². The summed E-state index contributed by atoms with van der Waals surface area (Å²) in [6, 6.07) is 0.475. The molecular formula is C14H26N2O. The molecule has 0 aromatic carbocycles. The van der Waals surface area contributed by atoms with Gasteiger partial charge in [0.15, 0.2) is 0 Å². The monoisotopic (exact) mass is 238 g/mol. The SMILES string of the molecule is CCC1NC(C)(CC)C(=O)N1C1CCC(C)C1. The topological polar surface area (TPSA) is 32.3 Å². The van der Waals surface area contributed by atoms with Gasteiger partial charge in [-0.1, -0.05) is 20.8 Å². The van der Waals surface area contributed by atoms with Crippen molar-refractivity contribution in [2.45, 2.75) is 77.5 Å². The van der Waals surface area contributed by atoms with E-state index in [-0.39, 0.29) is 11.7 Å². The Labute approximate surface area is 105 Å². The van der Waals surface area contributed by atoms with Crippen LogP contribution in [0.25, 0.3) is 0 Å². The molecule has 0 spiro atoms. The number of amides is 1. The second-order valence-corrected chi connectivity index (χ2v) is 6.04. The lowest BCUT2D eigenvalue weighted by molar-refractivity contribution is -0.135. The summed E-state index contributed by atoms with van der Waals surface area (Å²) in [7, 11) is 0. The van der Waals surface area contributed by atoms with Crippen LogP contribution in [0.2, 0.25) is 0 Å². The third kappa shape index (κ3) is 2.10. The Morgan fingerprint density at radius 2 is 2.12 bits per heavy atom. The van der Waals surface area contributed by atoms with E-state index in [1.54, 1.807) is 0 Å². The molecule has 2 fully saturated rings. The molecule has 1 saturated carbocycles. The number of hydrogen-bond acceptors (Lipinski definition) is 2. The fraction of sp³-hybridized carbons (Fsp3) is 0.929. The molecule has 0 aromatic heterocycles. The Hall–Kier alpha value is -0.570. The standard InChI is InChI=1S/C14H26N2O/c1-5-12-15-14(4,6-2)13(17)16(12)11-8-7-10(3)9-11/h10-12,15H,5-9H2,1-4H3. The molecule has 0 radical (unpaired) electrons. The highest BCUT2D eigenvalue weighted by atomic mass is 16.2. The molecule has 4 atom stereocenters. The zero-order chi connectivity index (χ0) is 12.6. The molecule has 1 N–H and O–H groups in total. The number of nitrogens with zero attached hydrogens (tertiary/aromatic N) is 1. The minimum absolute atomic E-state index is 0.253. The van der Waals surface area contributed by atoms with E-state index in [1.165, 1.54) is 19.3 Å². The van der Waals surface area contributed by atoms with Gasteiger partial charge in [-0.05, 0) is 44.9 Å². The number of rotatable bonds is 3. The van der Waals surface area contributed by atoms with E-state index >= 15 is 0 Å². The number of hydrogen-bond donors (Lipinski definition) is 1. The Kier molecular flexibility index (Phi) is 3.48. The van der Waals surface area contributed by atoms with E-state index < -0.39 is 0 Å². The van der Waals surface area contributed by atoms with Gasteiger partial charge >= 0.3 is 0 Å². The third-order valence-electron chi connectivity index (χ3n) is 4.68. The van der Waals surface area contributed by atoms with Gasteiger partial charge in [-0.15, -0.1) is 0 Å². The zero-order valence-electron chi connectivity index (χ0n) is 11.6. The molecule has 98 valence electrons. The van der Waals surface area contributed by atoms with Gasteiger partial charge in [0.05, 0.1) is 11.7 Å². The highest BCUT2D eigenvalue weighted by Crippen LogP contribution is 2.35. The first-order valence-electron chi connectivity index (χ1n) is 7.12. The molecule has 1 amide bonds. The Balaban J connectivity index is 2.17. The average Bonchev–Trinajstić information content (AvgIpc) is 2.83. The molecule has 0 bridgehead atoms. The second kappa shape index (κ2) is 4.60. The van der Waals surface area contributed by atoms with Crippen LogP contribution in [0.1, 0.15) is 59.8 Å². The van der Waals surface area contributed by atoms with Crippen LogP contribution >= 0.6 is 0 Å². The molecule has 2 aliphatic rings. The van der Waals surface area contributed by atoms with Crippen molar-refractivity contribution in [1.29, 1.82) is 0 Å². The number of carbonyl (C=O) groups is 1. The first kappa shape index (κ1) is 12.9. The molecule has 1 saturated heterocycles. The minimum Gasteiger partial charge on any atom is -0.323 e. The Bertz CT molecular complexity index is 303. The van der Waals surface area contributed by atoms with Crippen molar-refractivity contribution in [3.05, 3.63) is 0 Å². The highest BCUT2D eigenvalue weighted by molar-refractivity contribution is 5.88. The van der Waals surface area contributed by atoms with Crippen molar-refractivity contribution >= 4 is 5.91 Å². The molecule has 17 heavy (non-hydrogen) atoms. The molecule has 3 heteroatoms. The van der Waals surface area contributed by atoms with Crippen LogP contribution in [0.15, 0.2) is 0 Å². The summed E-state index contributed by atoms with van der Waals surface area (Å²) in [5.74, 6) is 1.10. The smallest absolute Gasteiger partial charge is 0.244 e. The lowest BCUT2D eigenvalue weighted by atomic mass is 9.99. The predicted octanol–water partition coefficient (Wildman–Crippen LogP) is 2.51. The summed E-state index contributed by atoms with van der Waals surface area (Å²) in [5, 5.41) is 3.53. The maximum Gasteiger partial charge on any atom is 0.244 e. The van der Waals surface area contributed by atoms with E-state index in [4.69, 9.17) is 0 Å². The average molecular weight is 238 g/mol. The van der Waals surface area contributed by atoms with E-state index in [9.17, 15) is 4.79 Å². The van der Waals surface area contributed by atoms with Crippen molar-refractivity contribution in [1.82, 2.24) is 10.2 Å². The van der Waals surface area contributed by atoms with Crippen LogP contribution in [-0.4, -0.2) is 28.6 Å². The van der Waals surface area contributed by atoms with Crippen molar-refractivity contribution in [2.75, 3.05) is 0 Å². The second-order valence-electron chi connectivity index (χ2n) is 6.04. The van der Waals surface area contributed by atoms with E-state index in [1.807, 2.05) is 0 Å². The fourth-order valence-electron chi connectivity index (χ4n) is 3.33. The minimum atomic E-state index is -0.327. The van der Waals surface area contributed by atoms with Gasteiger partial charge in [-0.2, -0.15) is 0 Å². The van der Waals surface area contributed by atoms with Crippen LogP contribution in [0.3, 0.4) is 0 Å². The maximum atomic E-state index is 12.6. The largest absolute Gasteiger partial charge is 0.323 e. The normalized spacial score (nSPS) is 42.5. The third-order valence-corrected chi connectivity index (χ3v) is 4.68. The van der Waals surface area contributed by atoms with Crippen molar-refractivity contribution in [3.63, 3.8) is 0 Å². The number of carbonyl (C=O) groups excluding carboxylic acids is 1. The summed E-state index contributed by atoms with van der Waals surface area (Å²) < 4.78 is 0. The molecule has 1 heterocycles. The van der Waals surface area contributed by atoms with Gasteiger partial charge in [0.25, 0.3) is 0 Å². The van der Waals surface area contributed by atoms with Crippen molar-refractivity contribution in [2.24, 2.45) is 5.92 Å². The summed E-state index contributed by atoms with van der Waals surface area (Å²) in [4.78, 5) is 14.7. The van der Waals surface area contributed by atoms with Gasteiger partial charge in [-0.3, -0.25) is 10.1 Å². The molecule has 1 aliphatic heterocycles. The predicted molar refractivity (Wildman–Crippen MR) is 69.6 cm³/mol. The van der Waals surface area contributed by atoms with Gasteiger partial charge in [0.2, 0.25) is 5.91 Å². The number of nitrogens with one attached hydrogen (secondary N) is 1. The van der Waals surface area contributed by atoms with Crippen LogP contribution in [-0.2, 0) is 4.79 Å². The molecule has 1 aliphatic carbocycles. The van der Waals surface area contributed by atoms with Crippen molar-refractivity contribution < 1.29 is 4.79 Å². The summed E-state index contributed by atoms with van der Waals surface area (Å²) in [5.41, 5.74) is -0.327. The molecule has 2 rings (SSSR count). The van der Waals surface area contributed by atoms with Gasteiger partial charge in [0.1, 0.15) is 0 Å². The summed E-state index contributed by atoms with van der Waals surface area (Å²) in [6.45, 7) is 8.61. The Morgan fingerprint density at radius 1 is 1.41 bits per heavy atom. The molecular weight excluding hydrogens is 212 g/mol. The summed E-state index contributed by atoms with van der Waals surface area (Å²) in [6.07, 6.45) is 5.78. The van der Waals surface area contributed by atoms with E-state index in [0.717, 1.165) is 18.8 Å². The first-order chi connectivity index (χ1) is 8.01. The summed E-state index contributed by atoms with van der Waals surface area (Å²) >= 11 is 0. The van der Waals surface area contributed by atoms with Gasteiger partial charge in [0, 0.05) is 6.04 Å². The lowest BCUT2D eigenvalue weighted by Crippen LogP contribution is -2.44. The van der Waals surface area contributed by atoms with Gasteiger partial charge < -0.3 is 4.90 Å². The fourth-order valence-corrected chi connectivity index (χ4v) is 3.33. The van der Waals surface area contributed by atoms with E-state index in [2.05, 4.69) is 37.9 Å². The molecule has 4 unspecified atom stereocenters. The molecule has 0 aromatic rings. The lowest BCUT2D eigenvalue weighted by Gasteiger charge is -2.30. The quantitative estimate of drug-likeness (QED) is 0.819. The van der Waals surface area contributed by atoms with Crippen LogP contribution < -0.4 is 5.32 Å². The maximum absolute atomic E-state index is 12.6. The van der Waals surface area contributed by atoms with Crippen molar-refractivity contribution in [3.8, 4) is 0 Å². The van der Waals surface area contributed by atoms with E-state index in [0.29, 0.717) is 11.9 Å². The van der Waals surface area contributed by atoms with Crippen LogP contribution in [0.4, 0.5) is 0 Å². The van der Waals surface area contributed by atoms with Crippen LogP contribution in [0.5, 0.6) is 0 Å². The van der Waals surface area contributed by atoms with Crippen LogP contribution in [0, 0.1) is 5.92 Å². The Morgan fingerprint density at radius 3 is 2.59 bits per heavy atom. The zero-order valence-corrected chi connectivity index (χ0v) is 11.6.